The van der Waals surface area contributed by atoms with Crippen LogP contribution in [-0.2, 0) is 0 Å². The Kier molecular flexibility index (Phi) is 4.40. The molecule has 0 saturated heterocycles. The van der Waals surface area contributed by atoms with Gasteiger partial charge in [0.25, 0.3) is 5.56 Å². The molecule has 0 aliphatic carbocycles. The monoisotopic (exact) mass is 386 g/mol. The normalized spacial score (nSPS) is 16.2. The average molecular weight is 387 g/mol. The fraction of sp³-hybridized carbons (Fsp3) is 0.111. The fourth-order valence-corrected chi connectivity index (χ4v) is 3.62. The molecule has 6 nitrogen and oxygen atoms in total. The summed E-state index contributed by atoms with van der Waals surface area (Å²) in [5.74, 6) is 0.774. The first kappa shape index (κ1) is 16.7. The van der Waals surface area contributed by atoms with E-state index in [1.807, 2.05) is 42.5 Å². The van der Waals surface area contributed by atoms with E-state index in [0.717, 1.165) is 16.9 Å². The number of rotatable bonds is 3. The van der Waals surface area contributed by atoms with Crippen LogP contribution in [0.5, 0.6) is 5.75 Å². The highest BCUT2D eigenvalue weighted by Gasteiger charge is 2.17. The molecule has 0 radical (unpaired) electrons. The highest BCUT2D eigenvalue weighted by Crippen LogP contribution is 2.16. The number of nitrogens with zero attached hydrogens (tertiary/aromatic N) is 2. The zero-order valence-electron chi connectivity index (χ0n) is 13.8. The van der Waals surface area contributed by atoms with E-state index in [2.05, 4.69) is 16.0 Å². The molecule has 2 N–H and O–H groups in total. The molecule has 8 heteroatoms. The summed E-state index contributed by atoms with van der Waals surface area (Å²) in [6, 6.07) is 14.9. The minimum Gasteiger partial charge on any atom is -0.497 e. The lowest BCUT2D eigenvalue weighted by Crippen LogP contribution is -2.47. The summed E-state index contributed by atoms with van der Waals surface area (Å²) >= 11 is 7.24. The molecule has 2 aromatic carbocycles. The summed E-state index contributed by atoms with van der Waals surface area (Å²) in [4.78, 5) is 13.3. The van der Waals surface area contributed by atoms with E-state index >= 15 is 0 Å². The Balaban J connectivity index is 1.67. The molecule has 2 heterocycles. The van der Waals surface area contributed by atoms with E-state index in [9.17, 15) is 4.79 Å². The van der Waals surface area contributed by atoms with Gasteiger partial charge >= 0.3 is 0 Å². The Morgan fingerprint density at radius 3 is 2.62 bits per heavy atom. The maximum absolute atomic E-state index is 12.7. The second-order valence-corrected chi connectivity index (χ2v) is 7.11. The van der Waals surface area contributed by atoms with Crippen molar-refractivity contribution in [2.45, 2.75) is 6.17 Å². The van der Waals surface area contributed by atoms with E-state index in [-0.39, 0.29) is 11.7 Å². The fourth-order valence-electron chi connectivity index (χ4n) is 2.60. The van der Waals surface area contributed by atoms with Crippen LogP contribution in [0, 0.1) is 0 Å². The van der Waals surface area contributed by atoms with Gasteiger partial charge in [0.15, 0.2) is 6.17 Å². The van der Waals surface area contributed by atoms with Gasteiger partial charge in [0.1, 0.15) is 5.75 Å². The maximum atomic E-state index is 12.7. The molecule has 4 rings (SSSR count). The topological polar surface area (TPSA) is 67.7 Å². The molecule has 0 amide bonds. The first-order valence-corrected chi connectivity index (χ1v) is 9.06. The number of fused-ring (bicyclic) bond motifs is 1. The van der Waals surface area contributed by atoms with Gasteiger partial charge in [-0.3, -0.25) is 15.6 Å². The molecule has 132 valence electrons. The van der Waals surface area contributed by atoms with Crippen molar-refractivity contribution in [2.24, 2.45) is 5.10 Å². The number of aromatic nitrogens is 1. The van der Waals surface area contributed by atoms with Gasteiger partial charge in [0.2, 0.25) is 4.80 Å². The second-order valence-electron chi connectivity index (χ2n) is 5.66. The van der Waals surface area contributed by atoms with Crippen LogP contribution in [0.25, 0.3) is 6.08 Å². The molecule has 26 heavy (non-hydrogen) atoms. The molecular formula is C18H15ClN4O2S. The number of methoxy groups -OCH3 is 1. The number of hydrogen-bond donors (Lipinski definition) is 2. The quantitative estimate of drug-likeness (QED) is 0.720. The molecule has 1 aliphatic heterocycles. The number of ether oxygens (including phenoxy) is 1. The smallest absolute Gasteiger partial charge is 0.289 e. The molecule has 1 atom stereocenters. The molecule has 0 spiro atoms. The lowest BCUT2D eigenvalue weighted by Gasteiger charge is -2.22. The lowest BCUT2D eigenvalue weighted by molar-refractivity contribution is 0.415. The average Bonchev–Trinajstić information content (AvgIpc) is 2.98. The molecule has 1 aliphatic rings. The van der Waals surface area contributed by atoms with Crippen molar-refractivity contribution >= 4 is 29.0 Å². The predicted molar refractivity (Wildman–Crippen MR) is 103 cm³/mol. The zero-order chi connectivity index (χ0) is 18.1. The Morgan fingerprint density at radius 1 is 1.19 bits per heavy atom. The van der Waals surface area contributed by atoms with Crippen molar-refractivity contribution < 1.29 is 4.74 Å². The van der Waals surface area contributed by atoms with Crippen LogP contribution in [0.3, 0.4) is 0 Å². The Bertz CT molecular complexity index is 1100. The van der Waals surface area contributed by atoms with Gasteiger partial charge in [-0.15, -0.1) is 5.10 Å². The minimum atomic E-state index is -0.305. The largest absolute Gasteiger partial charge is 0.497 e. The van der Waals surface area contributed by atoms with Crippen molar-refractivity contribution in [3.05, 3.63) is 84.4 Å². The highest BCUT2D eigenvalue weighted by atomic mass is 35.5. The molecular weight excluding hydrogens is 372 g/mol. The number of thiazole rings is 1. The number of halogens is 1. The minimum absolute atomic E-state index is 0.134. The molecule has 1 aromatic heterocycles. The van der Waals surface area contributed by atoms with E-state index < -0.39 is 0 Å². The molecule has 0 bridgehead atoms. The van der Waals surface area contributed by atoms with Gasteiger partial charge in [-0.1, -0.05) is 47.2 Å². The summed E-state index contributed by atoms with van der Waals surface area (Å²) < 4.78 is 7.22. The maximum Gasteiger partial charge on any atom is 0.289 e. The first-order valence-electron chi connectivity index (χ1n) is 7.87. The number of nitrogens with one attached hydrogen (secondary N) is 2. The summed E-state index contributed by atoms with van der Waals surface area (Å²) in [6.07, 6.45) is 1.53. The third-order valence-corrected chi connectivity index (χ3v) is 5.19. The van der Waals surface area contributed by atoms with Crippen LogP contribution in [0.15, 0.2) is 58.4 Å². The van der Waals surface area contributed by atoms with Crippen molar-refractivity contribution in [3.8, 4) is 5.75 Å². The molecule has 0 saturated carbocycles. The standard InChI is InChI=1S/C18H15ClN4O2S/c1-25-14-8-2-11(3-9-14)10-15-17(24)23-18(26-15)21-20-16(22-23)12-4-6-13(19)7-5-12/h2-10,16,20,22H,1H3/b15-10-. The van der Waals surface area contributed by atoms with Crippen molar-refractivity contribution in [1.82, 2.24) is 10.1 Å². The first-order chi connectivity index (χ1) is 12.6. The van der Waals surface area contributed by atoms with Crippen LogP contribution in [0.1, 0.15) is 17.3 Å². The molecule has 0 fully saturated rings. The van der Waals surface area contributed by atoms with Crippen molar-refractivity contribution in [1.29, 1.82) is 0 Å². The van der Waals surface area contributed by atoms with Crippen molar-refractivity contribution in [2.75, 3.05) is 12.5 Å². The van der Waals surface area contributed by atoms with Gasteiger partial charge in [-0.05, 0) is 41.5 Å². The number of benzene rings is 2. The molecule has 1 unspecified atom stereocenters. The highest BCUT2D eigenvalue weighted by molar-refractivity contribution is 7.07. The van der Waals surface area contributed by atoms with Crippen LogP contribution < -0.4 is 30.5 Å². The van der Waals surface area contributed by atoms with Crippen LogP contribution >= 0.6 is 22.9 Å². The predicted octanol–water partition coefficient (Wildman–Crippen LogP) is 1.78. The third kappa shape index (κ3) is 3.18. The second kappa shape index (κ2) is 6.86. The van der Waals surface area contributed by atoms with Gasteiger partial charge in [-0.25, -0.2) is 0 Å². The summed E-state index contributed by atoms with van der Waals surface area (Å²) in [5.41, 5.74) is 7.89. The zero-order valence-corrected chi connectivity index (χ0v) is 15.3. The van der Waals surface area contributed by atoms with Gasteiger partial charge in [0, 0.05) is 5.02 Å². The summed E-state index contributed by atoms with van der Waals surface area (Å²) in [7, 11) is 1.62. The van der Waals surface area contributed by atoms with Gasteiger partial charge < -0.3 is 4.74 Å². The van der Waals surface area contributed by atoms with E-state index in [1.165, 1.54) is 16.0 Å². The van der Waals surface area contributed by atoms with E-state index in [1.54, 1.807) is 19.2 Å². The van der Waals surface area contributed by atoms with Crippen LogP contribution in [-0.4, -0.2) is 11.8 Å². The van der Waals surface area contributed by atoms with Crippen LogP contribution in [0.4, 0.5) is 0 Å². The third-order valence-electron chi connectivity index (χ3n) is 3.97. The van der Waals surface area contributed by atoms with Gasteiger partial charge in [-0.2, -0.15) is 4.68 Å². The number of hydrogen-bond acceptors (Lipinski definition) is 6. The van der Waals surface area contributed by atoms with Gasteiger partial charge in [0.05, 0.1) is 11.6 Å². The Morgan fingerprint density at radius 2 is 1.92 bits per heavy atom. The van der Waals surface area contributed by atoms with Crippen molar-refractivity contribution in [3.63, 3.8) is 0 Å². The van der Waals surface area contributed by atoms with Crippen LogP contribution in [0.2, 0.25) is 5.02 Å². The Hall–Kier alpha value is -2.77. The lowest BCUT2D eigenvalue weighted by atomic mass is 10.2. The van der Waals surface area contributed by atoms with E-state index in [4.69, 9.17) is 16.3 Å². The summed E-state index contributed by atoms with van der Waals surface area (Å²) in [6.45, 7) is 0. The Labute approximate surface area is 158 Å². The molecule has 3 aromatic rings. The van der Waals surface area contributed by atoms with E-state index in [0.29, 0.717) is 14.4 Å². The SMILES string of the molecule is COc1ccc(/C=c2\sc3n(c2=O)NC(c2ccc(Cl)cc2)NN=3)cc1. The summed E-state index contributed by atoms with van der Waals surface area (Å²) in [5, 5.41) is 4.98.